The number of amides is 1. The molecule has 130 valence electrons. The van der Waals surface area contributed by atoms with Crippen molar-refractivity contribution in [2.75, 3.05) is 40.3 Å². The number of hydrogen-bond acceptors (Lipinski definition) is 5. The van der Waals surface area contributed by atoms with E-state index in [1.54, 1.807) is 4.68 Å². The largest absolute Gasteiger partial charge is 0.377 e. The van der Waals surface area contributed by atoms with Crippen LogP contribution in [0.1, 0.15) is 23.2 Å². The monoisotopic (exact) mass is 331 g/mol. The lowest BCUT2D eigenvalue weighted by Gasteiger charge is -2.32. The van der Waals surface area contributed by atoms with E-state index >= 15 is 0 Å². The highest BCUT2D eigenvalue weighted by Gasteiger charge is 2.24. The van der Waals surface area contributed by atoms with Crippen LogP contribution in [0.4, 0.5) is 0 Å². The van der Waals surface area contributed by atoms with Gasteiger partial charge in [-0.15, -0.1) is 5.10 Å². The van der Waals surface area contributed by atoms with Gasteiger partial charge in [-0.1, -0.05) is 5.21 Å². The maximum absolute atomic E-state index is 12.7. The number of aromatic nitrogens is 3. The summed E-state index contributed by atoms with van der Waals surface area (Å²) in [5.41, 5.74) is 2.38. The smallest absolute Gasteiger partial charge is 0.253 e. The zero-order valence-corrected chi connectivity index (χ0v) is 14.6. The Kier molecular flexibility index (Phi) is 5.11. The molecule has 1 fully saturated rings. The van der Waals surface area contributed by atoms with Crippen LogP contribution in [-0.4, -0.2) is 77.1 Å². The van der Waals surface area contributed by atoms with Crippen LogP contribution in [0.5, 0.6) is 0 Å². The zero-order valence-electron chi connectivity index (χ0n) is 14.6. The summed E-state index contributed by atoms with van der Waals surface area (Å²) in [5, 5.41) is 8.03. The van der Waals surface area contributed by atoms with E-state index in [1.165, 1.54) is 0 Å². The number of ether oxygens (including phenoxy) is 1. The summed E-state index contributed by atoms with van der Waals surface area (Å²) < 4.78 is 7.58. The van der Waals surface area contributed by atoms with Crippen molar-refractivity contribution in [2.24, 2.45) is 7.05 Å². The molecule has 0 N–H and O–H groups in total. The number of fused-ring (bicyclic) bond motifs is 1. The molecule has 1 amide bonds. The number of likely N-dealkylation sites (tertiary alicyclic amines) is 1. The van der Waals surface area contributed by atoms with Crippen LogP contribution in [0, 0.1) is 0 Å². The van der Waals surface area contributed by atoms with Crippen molar-refractivity contribution in [3.63, 3.8) is 0 Å². The van der Waals surface area contributed by atoms with E-state index in [0.29, 0.717) is 5.56 Å². The fourth-order valence-electron chi connectivity index (χ4n) is 2.97. The Balaban J connectivity index is 1.57. The number of aryl methyl sites for hydroxylation is 1. The van der Waals surface area contributed by atoms with E-state index in [2.05, 4.69) is 15.2 Å². The van der Waals surface area contributed by atoms with Gasteiger partial charge in [-0.05, 0) is 45.1 Å². The molecule has 0 bridgehead atoms. The fraction of sp³-hybridized carbons (Fsp3) is 0.588. The first-order valence-electron chi connectivity index (χ1n) is 8.39. The second-order valence-corrected chi connectivity index (χ2v) is 6.58. The van der Waals surface area contributed by atoms with Crippen molar-refractivity contribution in [3.8, 4) is 0 Å². The Morgan fingerprint density at radius 1 is 1.33 bits per heavy atom. The van der Waals surface area contributed by atoms with Crippen LogP contribution in [0.15, 0.2) is 18.2 Å². The molecule has 0 aliphatic carbocycles. The summed E-state index contributed by atoms with van der Waals surface area (Å²) in [6.07, 6.45) is 2.06. The molecule has 1 aromatic carbocycles. The number of likely N-dealkylation sites (N-methyl/N-ethyl adjacent to an activating group) is 1. The maximum Gasteiger partial charge on any atom is 0.253 e. The molecule has 1 aromatic heterocycles. The molecule has 2 aromatic rings. The lowest BCUT2D eigenvalue weighted by atomic mass is 10.1. The molecule has 0 unspecified atom stereocenters. The van der Waals surface area contributed by atoms with E-state index in [4.69, 9.17) is 4.74 Å². The molecule has 2 heterocycles. The van der Waals surface area contributed by atoms with Gasteiger partial charge < -0.3 is 14.5 Å². The Morgan fingerprint density at radius 2 is 2.08 bits per heavy atom. The third kappa shape index (κ3) is 3.73. The molecular weight excluding hydrogens is 306 g/mol. The Bertz CT molecular complexity index is 704. The number of piperidine rings is 1. The van der Waals surface area contributed by atoms with Gasteiger partial charge in [0.25, 0.3) is 5.91 Å². The number of rotatable bonds is 5. The van der Waals surface area contributed by atoms with E-state index in [1.807, 2.05) is 44.2 Å². The van der Waals surface area contributed by atoms with Gasteiger partial charge in [0.15, 0.2) is 0 Å². The third-order valence-electron chi connectivity index (χ3n) is 4.48. The van der Waals surface area contributed by atoms with E-state index in [-0.39, 0.29) is 12.0 Å². The van der Waals surface area contributed by atoms with Crippen LogP contribution >= 0.6 is 0 Å². The minimum absolute atomic E-state index is 0.0739. The molecule has 3 rings (SSSR count). The van der Waals surface area contributed by atoms with Gasteiger partial charge in [0.2, 0.25) is 0 Å². The average molecular weight is 331 g/mol. The topological polar surface area (TPSA) is 63.5 Å². The average Bonchev–Trinajstić information content (AvgIpc) is 2.95. The van der Waals surface area contributed by atoms with Gasteiger partial charge in [-0.3, -0.25) is 4.79 Å². The summed E-state index contributed by atoms with van der Waals surface area (Å²) in [6.45, 7) is 3.16. The highest BCUT2D eigenvalue weighted by atomic mass is 16.5. The summed E-state index contributed by atoms with van der Waals surface area (Å²) >= 11 is 0. The normalized spacial score (nSPS) is 16.2. The van der Waals surface area contributed by atoms with Crippen LogP contribution in [0.2, 0.25) is 0 Å². The predicted molar refractivity (Wildman–Crippen MR) is 91.9 cm³/mol. The van der Waals surface area contributed by atoms with Crippen molar-refractivity contribution in [1.82, 2.24) is 24.8 Å². The van der Waals surface area contributed by atoms with Gasteiger partial charge in [0.1, 0.15) is 5.52 Å². The predicted octanol–water partition coefficient (Wildman–Crippen LogP) is 1.15. The summed E-state index contributed by atoms with van der Waals surface area (Å²) in [7, 11) is 5.92. The Morgan fingerprint density at radius 3 is 2.79 bits per heavy atom. The van der Waals surface area contributed by atoms with Crippen molar-refractivity contribution in [2.45, 2.75) is 18.9 Å². The molecule has 1 saturated heterocycles. The molecule has 7 nitrogen and oxygen atoms in total. The molecule has 0 radical (unpaired) electrons. The lowest BCUT2D eigenvalue weighted by molar-refractivity contribution is 0.00394. The van der Waals surface area contributed by atoms with Gasteiger partial charge in [0.05, 0.1) is 18.2 Å². The second-order valence-electron chi connectivity index (χ2n) is 6.58. The first kappa shape index (κ1) is 16.9. The second kappa shape index (κ2) is 7.27. The Labute approximate surface area is 142 Å². The third-order valence-corrected chi connectivity index (χ3v) is 4.48. The van der Waals surface area contributed by atoms with Crippen LogP contribution in [-0.2, 0) is 11.8 Å². The van der Waals surface area contributed by atoms with Crippen LogP contribution in [0.25, 0.3) is 11.0 Å². The highest BCUT2D eigenvalue weighted by molar-refractivity contribution is 5.97. The number of carbonyl (C=O) groups excluding carboxylic acids is 1. The molecule has 0 atom stereocenters. The van der Waals surface area contributed by atoms with Crippen molar-refractivity contribution < 1.29 is 9.53 Å². The standard InChI is InChI=1S/C17H25N5O2/c1-20(2)10-11-24-14-6-8-22(9-7-14)17(23)13-4-5-15-16(12-13)21(3)19-18-15/h4-5,12,14H,6-11H2,1-3H3. The number of nitrogens with zero attached hydrogens (tertiary/aromatic N) is 5. The molecule has 0 spiro atoms. The summed E-state index contributed by atoms with van der Waals surface area (Å²) in [5.74, 6) is 0.0739. The number of benzene rings is 1. The maximum atomic E-state index is 12.7. The highest BCUT2D eigenvalue weighted by Crippen LogP contribution is 2.19. The van der Waals surface area contributed by atoms with Gasteiger partial charge in [-0.25, -0.2) is 4.68 Å². The van der Waals surface area contributed by atoms with E-state index in [9.17, 15) is 4.79 Å². The van der Waals surface area contributed by atoms with Gasteiger partial charge >= 0.3 is 0 Å². The van der Waals surface area contributed by atoms with E-state index < -0.39 is 0 Å². The molecule has 1 aliphatic heterocycles. The van der Waals surface area contributed by atoms with Crippen molar-refractivity contribution in [3.05, 3.63) is 23.8 Å². The molecule has 7 heteroatoms. The number of hydrogen-bond donors (Lipinski definition) is 0. The first-order chi connectivity index (χ1) is 11.5. The fourth-order valence-corrected chi connectivity index (χ4v) is 2.97. The molecular formula is C17H25N5O2. The van der Waals surface area contributed by atoms with E-state index in [0.717, 1.165) is 50.1 Å². The molecule has 24 heavy (non-hydrogen) atoms. The minimum atomic E-state index is 0.0739. The zero-order chi connectivity index (χ0) is 17.1. The molecule has 1 aliphatic rings. The number of carbonyl (C=O) groups is 1. The quantitative estimate of drug-likeness (QED) is 0.822. The Hall–Kier alpha value is -1.99. The van der Waals surface area contributed by atoms with Gasteiger partial charge in [0, 0.05) is 32.2 Å². The summed E-state index contributed by atoms with van der Waals surface area (Å²) in [6, 6.07) is 5.56. The van der Waals surface area contributed by atoms with Crippen molar-refractivity contribution in [1.29, 1.82) is 0 Å². The molecule has 0 saturated carbocycles. The SMILES string of the molecule is CN(C)CCOC1CCN(C(=O)c2ccc3nnn(C)c3c2)CC1. The van der Waals surface area contributed by atoms with Gasteiger partial charge in [-0.2, -0.15) is 0 Å². The minimum Gasteiger partial charge on any atom is -0.377 e. The first-order valence-corrected chi connectivity index (χ1v) is 8.39. The van der Waals surface area contributed by atoms with Crippen molar-refractivity contribution >= 4 is 16.9 Å². The summed E-state index contributed by atoms with van der Waals surface area (Å²) in [4.78, 5) is 16.7. The van der Waals surface area contributed by atoms with Crippen LogP contribution in [0.3, 0.4) is 0 Å². The lowest BCUT2D eigenvalue weighted by Crippen LogP contribution is -2.41. The van der Waals surface area contributed by atoms with Crippen LogP contribution < -0.4 is 0 Å².